The molecular formula is C15H14ClFN2O2. The molecule has 0 bridgehead atoms. The van der Waals surface area contributed by atoms with Gasteiger partial charge >= 0.3 is 0 Å². The van der Waals surface area contributed by atoms with E-state index in [9.17, 15) is 9.18 Å². The van der Waals surface area contributed by atoms with E-state index >= 15 is 0 Å². The highest BCUT2D eigenvalue weighted by Gasteiger charge is 2.09. The molecule has 1 amide bonds. The van der Waals surface area contributed by atoms with E-state index in [4.69, 9.17) is 22.1 Å². The van der Waals surface area contributed by atoms with Gasteiger partial charge in [-0.1, -0.05) is 23.7 Å². The molecule has 0 radical (unpaired) electrons. The highest BCUT2D eigenvalue weighted by molar-refractivity contribution is 6.31. The third-order valence-corrected chi connectivity index (χ3v) is 2.97. The second kappa shape index (κ2) is 6.95. The summed E-state index contributed by atoms with van der Waals surface area (Å²) in [5, 5.41) is 2.41. The molecule has 3 N–H and O–H groups in total. The molecule has 0 heterocycles. The van der Waals surface area contributed by atoms with Crippen molar-refractivity contribution in [1.29, 1.82) is 0 Å². The van der Waals surface area contributed by atoms with Crippen molar-refractivity contribution < 1.29 is 13.9 Å². The predicted octanol–water partition coefficient (Wildman–Crippen LogP) is 3.47. The first-order chi connectivity index (χ1) is 10.1. The number of nitrogen functional groups attached to an aromatic ring is 1. The van der Waals surface area contributed by atoms with E-state index in [1.54, 1.807) is 30.3 Å². The van der Waals surface area contributed by atoms with Crippen molar-refractivity contribution in [3.05, 3.63) is 53.3 Å². The minimum atomic E-state index is -0.649. The van der Waals surface area contributed by atoms with E-state index < -0.39 is 5.82 Å². The van der Waals surface area contributed by atoms with Gasteiger partial charge in [-0.25, -0.2) is 4.39 Å². The molecule has 2 aromatic rings. The first-order valence-corrected chi connectivity index (χ1v) is 6.66. The van der Waals surface area contributed by atoms with Crippen molar-refractivity contribution in [2.75, 3.05) is 17.7 Å². The van der Waals surface area contributed by atoms with Gasteiger partial charge < -0.3 is 15.8 Å². The largest absolute Gasteiger partial charge is 0.493 e. The lowest BCUT2D eigenvalue weighted by molar-refractivity contribution is -0.116. The van der Waals surface area contributed by atoms with Crippen molar-refractivity contribution in [3.63, 3.8) is 0 Å². The summed E-state index contributed by atoms with van der Waals surface area (Å²) in [6.07, 6.45) is 0.0841. The number of nitrogens with two attached hydrogens (primary N) is 1. The number of ether oxygens (including phenoxy) is 1. The minimum absolute atomic E-state index is 0.0381. The number of nitrogens with one attached hydrogen (secondary N) is 1. The van der Waals surface area contributed by atoms with Crippen LogP contribution in [0.15, 0.2) is 42.5 Å². The van der Waals surface area contributed by atoms with E-state index in [-0.39, 0.29) is 29.6 Å². The van der Waals surface area contributed by atoms with Crippen LogP contribution in [0.25, 0.3) is 0 Å². The normalized spacial score (nSPS) is 10.2. The Bertz CT molecular complexity index is 649. The molecule has 0 saturated heterocycles. The molecule has 21 heavy (non-hydrogen) atoms. The average molecular weight is 309 g/mol. The lowest BCUT2D eigenvalue weighted by atomic mass is 10.3. The van der Waals surface area contributed by atoms with Crippen LogP contribution in [-0.2, 0) is 4.79 Å². The standard InChI is InChI=1S/C15H14ClFN2O2/c16-12-5-2-6-13(15(12)17)19-14(20)7-8-21-11-4-1-3-10(18)9-11/h1-6,9H,7-8,18H2,(H,19,20). The van der Waals surface area contributed by atoms with Crippen molar-refractivity contribution in [1.82, 2.24) is 0 Å². The second-order valence-electron chi connectivity index (χ2n) is 4.32. The topological polar surface area (TPSA) is 64.3 Å². The summed E-state index contributed by atoms with van der Waals surface area (Å²) in [7, 11) is 0. The average Bonchev–Trinajstić information content (AvgIpc) is 2.44. The Morgan fingerprint density at radius 3 is 2.81 bits per heavy atom. The molecule has 0 fully saturated rings. The molecule has 110 valence electrons. The molecule has 0 aliphatic rings. The fourth-order valence-electron chi connectivity index (χ4n) is 1.68. The van der Waals surface area contributed by atoms with Crippen LogP contribution in [0.5, 0.6) is 5.75 Å². The van der Waals surface area contributed by atoms with E-state index in [0.29, 0.717) is 11.4 Å². The molecule has 0 atom stereocenters. The van der Waals surface area contributed by atoms with Gasteiger partial charge in [-0.2, -0.15) is 0 Å². The van der Waals surface area contributed by atoms with Crippen LogP contribution >= 0.6 is 11.6 Å². The summed E-state index contributed by atoms with van der Waals surface area (Å²) in [5.74, 6) is -0.430. The molecule has 0 spiro atoms. The third kappa shape index (κ3) is 4.36. The lowest BCUT2D eigenvalue weighted by Gasteiger charge is -2.09. The van der Waals surface area contributed by atoms with Gasteiger partial charge in [-0.05, 0) is 24.3 Å². The maximum atomic E-state index is 13.6. The fourth-order valence-corrected chi connectivity index (χ4v) is 1.85. The Morgan fingerprint density at radius 2 is 2.05 bits per heavy atom. The molecule has 0 aromatic heterocycles. The first-order valence-electron chi connectivity index (χ1n) is 6.28. The van der Waals surface area contributed by atoms with E-state index in [0.717, 1.165) is 0 Å². The molecule has 4 nitrogen and oxygen atoms in total. The van der Waals surface area contributed by atoms with E-state index in [1.807, 2.05) is 0 Å². The van der Waals surface area contributed by atoms with E-state index in [2.05, 4.69) is 5.32 Å². The van der Waals surface area contributed by atoms with Crippen LogP contribution in [-0.4, -0.2) is 12.5 Å². The Balaban J connectivity index is 1.84. The zero-order chi connectivity index (χ0) is 15.2. The van der Waals surface area contributed by atoms with Crippen LogP contribution in [0.2, 0.25) is 5.02 Å². The van der Waals surface area contributed by atoms with Crippen LogP contribution in [0, 0.1) is 5.82 Å². The van der Waals surface area contributed by atoms with Gasteiger partial charge in [-0.15, -0.1) is 0 Å². The Morgan fingerprint density at radius 1 is 1.29 bits per heavy atom. The fraction of sp³-hybridized carbons (Fsp3) is 0.133. The third-order valence-electron chi connectivity index (χ3n) is 2.68. The molecule has 2 rings (SSSR count). The highest BCUT2D eigenvalue weighted by Crippen LogP contribution is 2.22. The first kappa shape index (κ1) is 15.1. The van der Waals surface area contributed by atoms with Gasteiger partial charge in [0.1, 0.15) is 5.75 Å². The maximum absolute atomic E-state index is 13.6. The second-order valence-corrected chi connectivity index (χ2v) is 4.73. The summed E-state index contributed by atoms with van der Waals surface area (Å²) in [6, 6.07) is 11.3. The number of halogens is 2. The van der Waals surface area contributed by atoms with Crippen LogP contribution in [0.1, 0.15) is 6.42 Å². The van der Waals surface area contributed by atoms with E-state index in [1.165, 1.54) is 12.1 Å². The zero-order valence-corrected chi connectivity index (χ0v) is 11.9. The molecule has 0 saturated carbocycles. The van der Waals surface area contributed by atoms with Crippen LogP contribution in [0.4, 0.5) is 15.8 Å². The van der Waals surface area contributed by atoms with Gasteiger partial charge in [0.05, 0.1) is 23.7 Å². The number of anilines is 2. The van der Waals surface area contributed by atoms with Gasteiger partial charge in [-0.3, -0.25) is 4.79 Å². The van der Waals surface area contributed by atoms with Crippen molar-refractivity contribution in [3.8, 4) is 5.75 Å². The molecule has 0 aliphatic carbocycles. The molecular weight excluding hydrogens is 295 g/mol. The Labute approximate surface area is 126 Å². The molecule has 2 aromatic carbocycles. The Kier molecular flexibility index (Phi) is 5.00. The van der Waals surface area contributed by atoms with Crippen LogP contribution in [0.3, 0.4) is 0 Å². The maximum Gasteiger partial charge on any atom is 0.227 e. The number of carbonyl (C=O) groups excluding carboxylic acids is 1. The summed E-state index contributed by atoms with van der Waals surface area (Å²) in [5.41, 5.74) is 6.24. The number of amides is 1. The number of hydrogen-bond acceptors (Lipinski definition) is 3. The van der Waals surface area contributed by atoms with Crippen molar-refractivity contribution >= 4 is 28.9 Å². The van der Waals surface area contributed by atoms with Crippen molar-refractivity contribution in [2.24, 2.45) is 0 Å². The summed E-state index contributed by atoms with van der Waals surface area (Å²) < 4.78 is 19.0. The summed E-state index contributed by atoms with van der Waals surface area (Å²) in [4.78, 5) is 11.7. The lowest BCUT2D eigenvalue weighted by Crippen LogP contribution is -2.16. The predicted molar refractivity (Wildman–Crippen MR) is 81.0 cm³/mol. The molecule has 0 aliphatic heterocycles. The van der Waals surface area contributed by atoms with Gasteiger partial charge in [0.2, 0.25) is 5.91 Å². The minimum Gasteiger partial charge on any atom is -0.493 e. The molecule has 0 unspecified atom stereocenters. The molecule has 6 heteroatoms. The highest BCUT2D eigenvalue weighted by atomic mass is 35.5. The quantitative estimate of drug-likeness (QED) is 0.831. The Hall–Kier alpha value is -2.27. The monoisotopic (exact) mass is 308 g/mol. The number of hydrogen-bond donors (Lipinski definition) is 2. The van der Waals surface area contributed by atoms with Gasteiger partial charge in [0.15, 0.2) is 5.82 Å². The summed E-state index contributed by atoms with van der Waals surface area (Å²) in [6.45, 7) is 0.164. The number of carbonyl (C=O) groups is 1. The van der Waals surface area contributed by atoms with Crippen molar-refractivity contribution in [2.45, 2.75) is 6.42 Å². The SMILES string of the molecule is Nc1cccc(OCCC(=O)Nc2cccc(Cl)c2F)c1. The van der Waals surface area contributed by atoms with Gasteiger partial charge in [0, 0.05) is 11.8 Å². The van der Waals surface area contributed by atoms with Crippen LogP contribution < -0.4 is 15.8 Å². The zero-order valence-electron chi connectivity index (χ0n) is 11.1. The summed E-state index contributed by atoms with van der Waals surface area (Å²) >= 11 is 5.63. The van der Waals surface area contributed by atoms with Gasteiger partial charge in [0.25, 0.3) is 0 Å². The number of benzene rings is 2. The smallest absolute Gasteiger partial charge is 0.227 e. The number of rotatable bonds is 5.